The van der Waals surface area contributed by atoms with E-state index in [2.05, 4.69) is 128 Å². The van der Waals surface area contributed by atoms with Crippen LogP contribution in [0.2, 0.25) is 0 Å². The molecule has 2 spiro atoms. The molecule has 0 amide bonds. The summed E-state index contributed by atoms with van der Waals surface area (Å²) in [5, 5.41) is 0. The second-order valence-electron chi connectivity index (χ2n) is 10.9. The van der Waals surface area contributed by atoms with Crippen molar-refractivity contribution in [2.75, 3.05) is 0 Å². The van der Waals surface area contributed by atoms with E-state index in [9.17, 15) is 0 Å². The summed E-state index contributed by atoms with van der Waals surface area (Å²) in [4.78, 5) is 0. The Balaban J connectivity index is 1.84. The first-order valence-corrected chi connectivity index (χ1v) is 12.9. The first kappa shape index (κ1) is 22.8. The second kappa shape index (κ2) is 7.43. The lowest BCUT2D eigenvalue weighted by Crippen LogP contribution is -2.43. The molecule has 3 aromatic carbocycles. The summed E-state index contributed by atoms with van der Waals surface area (Å²) in [6, 6.07) is 23.1. The molecular formula is C36H34. The molecule has 0 radical (unpaired) electrons. The maximum atomic E-state index is 4.24. The number of hydrogen-bond acceptors (Lipinski definition) is 0. The van der Waals surface area contributed by atoms with Gasteiger partial charge in [-0.05, 0) is 97.2 Å². The molecule has 0 N–H and O–H groups in total. The lowest BCUT2D eigenvalue weighted by molar-refractivity contribution is 0.593. The number of rotatable bonds is 2. The SMILES string of the molecule is C=CC1=C(C)C2(C(C)=C(C)C3(C(C)=C(C=C)c4ccc(C)cc43)c3ccccc32)c2cc(C)ccc21. The third-order valence-corrected chi connectivity index (χ3v) is 9.50. The molecule has 178 valence electrons. The van der Waals surface area contributed by atoms with Gasteiger partial charge in [-0.2, -0.15) is 0 Å². The van der Waals surface area contributed by atoms with Crippen LogP contribution in [0.1, 0.15) is 72.2 Å². The quantitative estimate of drug-likeness (QED) is 0.330. The zero-order valence-electron chi connectivity index (χ0n) is 22.3. The van der Waals surface area contributed by atoms with Gasteiger partial charge in [-0.15, -0.1) is 0 Å². The van der Waals surface area contributed by atoms with Crippen LogP contribution >= 0.6 is 0 Å². The highest BCUT2D eigenvalue weighted by Crippen LogP contribution is 2.66. The molecule has 36 heavy (non-hydrogen) atoms. The van der Waals surface area contributed by atoms with Crippen molar-refractivity contribution in [1.29, 1.82) is 0 Å². The molecule has 0 aromatic heterocycles. The monoisotopic (exact) mass is 466 g/mol. The second-order valence-corrected chi connectivity index (χ2v) is 10.9. The Bertz CT molecular complexity index is 1490. The third kappa shape index (κ3) is 2.36. The summed E-state index contributed by atoms with van der Waals surface area (Å²) in [6.07, 6.45) is 4.12. The first-order valence-electron chi connectivity index (χ1n) is 12.9. The Morgan fingerprint density at radius 1 is 0.500 bits per heavy atom. The predicted octanol–water partition coefficient (Wildman–Crippen LogP) is 9.17. The van der Waals surface area contributed by atoms with E-state index >= 15 is 0 Å². The maximum Gasteiger partial charge on any atom is 0.0637 e. The molecule has 0 nitrogen and oxygen atoms in total. The molecule has 0 saturated heterocycles. The van der Waals surface area contributed by atoms with Crippen molar-refractivity contribution in [3.63, 3.8) is 0 Å². The van der Waals surface area contributed by atoms with E-state index in [1.807, 2.05) is 0 Å². The van der Waals surface area contributed by atoms with Gasteiger partial charge in [0.15, 0.2) is 0 Å². The van der Waals surface area contributed by atoms with E-state index in [1.165, 1.54) is 77.9 Å². The normalized spacial score (nSPS) is 23.9. The van der Waals surface area contributed by atoms with Gasteiger partial charge >= 0.3 is 0 Å². The van der Waals surface area contributed by atoms with Crippen molar-refractivity contribution in [2.45, 2.75) is 52.4 Å². The third-order valence-electron chi connectivity index (χ3n) is 9.50. The average molecular weight is 467 g/mol. The zero-order chi connectivity index (χ0) is 25.6. The van der Waals surface area contributed by atoms with E-state index in [0.29, 0.717) is 0 Å². The molecular weight excluding hydrogens is 432 g/mol. The largest absolute Gasteiger partial charge is 0.0984 e. The van der Waals surface area contributed by atoms with Crippen molar-refractivity contribution in [1.82, 2.24) is 0 Å². The van der Waals surface area contributed by atoms with Gasteiger partial charge in [0.1, 0.15) is 0 Å². The van der Waals surface area contributed by atoms with Crippen molar-refractivity contribution >= 4 is 11.1 Å². The van der Waals surface area contributed by atoms with Crippen LogP contribution in [-0.2, 0) is 10.8 Å². The molecule has 0 bridgehead atoms. The van der Waals surface area contributed by atoms with Crippen LogP contribution in [0.25, 0.3) is 11.1 Å². The number of allylic oxidation sites excluding steroid dienone is 8. The fourth-order valence-corrected chi connectivity index (χ4v) is 7.91. The standard InChI is InChI=1S/C36H34/c1-9-27-25(7)35(33-19-21(3)15-17-29(27)33)23(5)24(6)36(32-14-12-11-13-31(32)35)26(8)28(10-2)30-18-16-22(4)20-34(30)36/h9-20H,1-2H2,3-8H3. The van der Waals surface area contributed by atoms with Gasteiger partial charge in [-0.3, -0.25) is 0 Å². The Kier molecular flexibility index (Phi) is 4.71. The topological polar surface area (TPSA) is 0 Å². The lowest BCUT2D eigenvalue weighted by Gasteiger charge is -2.49. The van der Waals surface area contributed by atoms with Crippen LogP contribution in [0.5, 0.6) is 0 Å². The summed E-state index contributed by atoms with van der Waals surface area (Å²) in [6.45, 7) is 22.3. The minimum absolute atomic E-state index is 0.294. The molecule has 0 heteroatoms. The van der Waals surface area contributed by atoms with Gasteiger partial charge in [0, 0.05) is 0 Å². The molecule has 2 atom stereocenters. The number of fused-ring (bicyclic) bond motifs is 7. The van der Waals surface area contributed by atoms with Crippen molar-refractivity contribution in [3.05, 3.63) is 153 Å². The summed E-state index contributed by atoms with van der Waals surface area (Å²) < 4.78 is 0. The predicted molar refractivity (Wildman–Crippen MR) is 154 cm³/mol. The molecule has 0 heterocycles. The Morgan fingerprint density at radius 3 is 1.25 bits per heavy atom. The minimum Gasteiger partial charge on any atom is -0.0984 e. The number of aryl methyl sites for hydroxylation is 2. The van der Waals surface area contributed by atoms with Crippen molar-refractivity contribution in [2.24, 2.45) is 0 Å². The number of benzene rings is 3. The van der Waals surface area contributed by atoms with E-state index < -0.39 is 0 Å². The fraction of sp³-hybridized carbons (Fsp3) is 0.222. The summed E-state index contributed by atoms with van der Waals surface area (Å²) in [5.74, 6) is 0. The van der Waals surface area contributed by atoms with Crippen molar-refractivity contribution < 1.29 is 0 Å². The Hall–Kier alpha value is -3.64. The average Bonchev–Trinajstić information content (AvgIpc) is 3.26. The molecule has 6 rings (SSSR count). The molecule has 0 aliphatic heterocycles. The highest BCUT2D eigenvalue weighted by molar-refractivity contribution is 5.94. The highest BCUT2D eigenvalue weighted by atomic mass is 14.6. The van der Waals surface area contributed by atoms with E-state index in [4.69, 9.17) is 0 Å². The smallest absolute Gasteiger partial charge is 0.0637 e. The number of hydrogen-bond donors (Lipinski definition) is 0. The van der Waals surface area contributed by atoms with Crippen LogP contribution in [0.4, 0.5) is 0 Å². The van der Waals surface area contributed by atoms with Gasteiger partial charge in [0.25, 0.3) is 0 Å². The Labute approximate surface area is 216 Å². The molecule has 3 aliphatic carbocycles. The van der Waals surface area contributed by atoms with Crippen LogP contribution in [0.15, 0.2) is 108 Å². The van der Waals surface area contributed by atoms with E-state index in [-0.39, 0.29) is 10.8 Å². The van der Waals surface area contributed by atoms with Gasteiger partial charge in [0.05, 0.1) is 10.8 Å². The van der Waals surface area contributed by atoms with Gasteiger partial charge < -0.3 is 0 Å². The Morgan fingerprint density at radius 2 is 0.889 bits per heavy atom. The van der Waals surface area contributed by atoms with E-state index in [1.54, 1.807) is 0 Å². The van der Waals surface area contributed by atoms with Gasteiger partial charge in [-0.1, -0.05) is 108 Å². The fourth-order valence-electron chi connectivity index (χ4n) is 7.91. The van der Waals surface area contributed by atoms with Crippen molar-refractivity contribution in [3.8, 4) is 0 Å². The van der Waals surface area contributed by atoms with Crippen LogP contribution in [0.3, 0.4) is 0 Å². The van der Waals surface area contributed by atoms with Gasteiger partial charge in [-0.25, -0.2) is 0 Å². The van der Waals surface area contributed by atoms with Crippen LogP contribution < -0.4 is 0 Å². The summed E-state index contributed by atoms with van der Waals surface area (Å²) >= 11 is 0. The molecule has 3 aliphatic rings. The summed E-state index contributed by atoms with van der Waals surface area (Å²) in [7, 11) is 0. The first-order chi connectivity index (χ1) is 17.3. The highest BCUT2D eigenvalue weighted by Gasteiger charge is 2.57. The summed E-state index contributed by atoms with van der Waals surface area (Å²) in [5.41, 5.74) is 18.4. The van der Waals surface area contributed by atoms with Crippen LogP contribution in [-0.4, -0.2) is 0 Å². The zero-order valence-corrected chi connectivity index (χ0v) is 22.3. The minimum atomic E-state index is -0.294. The van der Waals surface area contributed by atoms with Gasteiger partial charge in [0.2, 0.25) is 0 Å². The molecule has 0 saturated carbocycles. The molecule has 2 unspecified atom stereocenters. The van der Waals surface area contributed by atoms with E-state index in [0.717, 1.165) is 0 Å². The molecule has 3 aromatic rings. The lowest BCUT2D eigenvalue weighted by atomic mass is 9.52. The van der Waals surface area contributed by atoms with Crippen LogP contribution in [0, 0.1) is 13.8 Å². The maximum absolute atomic E-state index is 4.24. The molecule has 0 fully saturated rings.